The summed E-state index contributed by atoms with van der Waals surface area (Å²) < 4.78 is 14.7. The molecule has 5 atom stereocenters. The lowest BCUT2D eigenvalue weighted by atomic mass is 9.66. The largest absolute Gasteiger partial charge is 0.493 e. The van der Waals surface area contributed by atoms with Crippen LogP contribution in [0.1, 0.15) is 83.0 Å². The Morgan fingerprint density at radius 3 is 2.42 bits per heavy atom. The molecule has 2 heterocycles. The van der Waals surface area contributed by atoms with E-state index in [1.807, 2.05) is 13.0 Å². The van der Waals surface area contributed by atoms with Gasteiger partial charge in [-0.3, -0.25) is 4.79 Å². The van der Waals surface area contributed by atoms with Crippen molar-refractivity contribution in [1.29, 1.82) is 0 Å². The van der Waals surface area contributed by atoms with Gasteiger partial charge in [0.15, 0.2) is 0 Å². The van der Waals surface area contributed by atoms with Gasteiger partial charge in [0.25, 0.3) is 0 Å². The van der Waals surface area contributed by atoms with E-state index in [0.29, 0.717) is 25.2 Å². The lowest BCUT2D eigenvalue weighted by Gasteiger charge is -2.42. The number of carbonyl (C=O) groups is 1. The summed E-state index contributed by atoms with van der Waals surface area (Å²) in [4.78, 5) is 16.2. The molecule has 0 saturated carbocycles. The van der Waals surface area contributed by atoms with Crippen molar-refractivity contribution in [3.05, 3.63) is 59.3 Å². The molecule has 2 aromatic carbocycles. The predicted octanol–water partition coefficient (Wildman–Crippen LogP) is 9.83. The highest BCUT2D eigenvalue weighted by Crippen LogP contribution is 2.53. The van der Waals surface area contributed by atoms with Crippen molar-refractivity contribution in [2.45, 2.75) is 107 Å². The molecule has 45 heavy (non-hydrogen) atoms. The summed E-state index contributed by atoms with van der Waals surface area (Å²) in [6.45, 7) is 13.8. The van der Waals surface area contributed by atoms with E-state index in [9.17, 15) is 4.79 Å². The minimum Gasteiger partial charge on any atom is -0.493 e. The Morgan fingerprint density at radius 2 is 1.73 bits per heavy atom. The fourth-order valence-electron chi connectivity index (χ4n) is 6.98. The maximum atomic E-state index is 13.9. The number of halogens is 4. The number of rotatable bonds is 11. The first-order valence-electron chi connectivity index (χ1n) is 16.5. The van der Waals surface area contributed by atoms with Crippen LogP contribution in [0.2, 0.25) is 0 Å². The van der Waals surface area contributed by atoms with Gasteiger partial charge in [0.1, 0.15) is 5.75 Å². The Balaban J connectivity index is 2.13. The molecule has 0 spiro atoms. The summed E-state index contributed by atoms with van der Waals surface area (Å²) in [5.74, 6) is 0.316. The van der Waals surface area contributed by atoms with Gasteiger partial charge in [-0.2, -0.15) is 0 Å². The highest BCUT2D eigenvalue weighted by atomic mass is 35.5. The first-order valence-corrected chi connectivity index (χ1v) is 18.2. The summed E-state index contributed by atoms with van der Waals surface area (Å²) in [6.07, 6.45) is 4.38. The average Bonchev–Trinajstić information content (AvgIpc) is 3.32. The van der Waals surface area contributed by atoms with E-state index in [4.69, 9.17) is 55.9 Å². The molecule has 0 aliphatic carbocycles. The standard InChI is InChI=1S/C36H48Cl4N2O3/c1-6-10-13-20-42-24(5)32(26-15-11-12-17-29(26)42)36(27-19-18-25(41(7-2)8-3)22-30(27)44-9-4)23-31(43)45-21-14-16-28(37)33(38)34(39)35(36)40/h11-12,15,17-19,22,28,33-35H,6-10,13-14,16,20-21,23H2,1-5H3. The average molecular weight is 699 g/mol. The Labute approximate surface area is 289 Å². The minimum absolute atomic E-state index is 0.0323. The summed E-state index contributed by atoms with van der Waals surface area (Å²) in [6, 6.07) is 14.6. The van der Waals surface area contributed by atoms with Crippen LogP contribution in [-0.4, -0.2) is 58.3 Å². The second-order valence-electron chi connectivity index (χ2n) is 11.9. The number of esters is 1. The monoisotopic (exact) mass is 696 g/mol. The smallest absolute Gasteiger partial charge is 0.307 e. The fourth-order valence-corrected chi connectivity index (χ4v) is 8.56. The zero-order chi connectivity index (χ0) is 32.7. The van der Waals surface area contributed by atoms with Crippen LogP contribution < -0.4 is 9.64 Å². The Kier molecular flexibility index (Phi) is 13.1. The normalized spacial score (nSPS) is 24.7. The minimum atomic E-state index is -1.16. The maximum Gasteiger partial charge on any atom is 0.307 e. The molecule has 5 nitrogen and oxygen atoms in total. The summed E-state index contributed by atoms with van der Waals surface area (Å²) in [5, 5.41) is -1.70. The highest BCUT2D eigenvalue weighted by molar-refractivity contribution is 6.38. The number of para-hydroxylation sites is 1. The number of carbonyl (C=O) groups excluding carboxylic acids is 1. The van der Waals surface area contributed by atoms with Crippen LogP contribution in [0.5, 0.6) is 5.75 Å². The van der Waals surface area contributed by atoms with Gasteiger partial charge in [0.05, 0.1) is 46.6 Å². The van der Waals surface area contributed by atoms with Crippen molar-refractivity contribution in [1.82, 2.24) is 4.57 Å². The number of hydrogen-bond donors (Lipinski definition) is 0. The summed E-state index contributed by atoms with van der Waals surface area (Å²) in [5.41, 5.74) is 3.73. The molecule has 4 rings (SSSR count). The van der Waals surface area contributed by atoms with Crippen LogP contribution >= 0.6 is 46.4 Å². The van der Waals surface area contributed by atoms with Crippen LogP contribution in [0.3, 0.4) is 0 Å². The van der Waals surface area contributed by atoms with Crippen molar-refractivity contribution in [3.8, 4) is 5.75 Å². The molecule has 1 aliphatic heterocycles. The second kappa shape index (κ2) is 16.4. The van der Waals surface area contributed by atoms with Gasteiger partial charge in [0, 0.05) is 53.5 Å². The van der Waals surface area contributed by atoms with E-state index in [0.717, 1.165) is 72.3 Å². The number of benzene rings is 2. The van der Waals surface area contributed by atoms with Crippen LogP contribution in [0.4, 0.5) is 5.69 Å². The topological polar surface area (TPSA) is 43.7 Å². The van der Waals surface area contributed by atoms with Crippen molar-refractivity contribution < 1.29 is 14.3 Å². The maximum absolute atomic E-state index is 13.9. The summed E-state index contributed by atoms with van der Waals surface area (Å²) in [7, 11) is 0. The third-order valence-electron chi connectivity index (χ3n) is 9.25. The lowest BCUT2D eigenvalue weighted by molar-refractivity contribution is -0.145. The van der Waals surface area contributed by atoms with Crippen LogP contribution in [0.25, 0.3) is 10.9 Å². The van der Waals surface area contributed by atoms with Gasteiger partial charge >= 0.3 is 5.97 Å². The number of aromatic nitrogens is 1. The third kappa shape index (κ3) is 7.37. The quantitative estimate of drug-likeness (QED) is 0.114. The Bertz CT molecular complexity index is 1420. The van der Waals surface area contributed by atoms with Gasteiger partial charge in [0.2, 0.25) is 0 Å². The Morgan fingerprint density at radius 1 is 1.00 bits per heavy atom. The summed E-state index contributed by atoms with van der Waals surface area (Å²) >= 11 is 28.9. The molecule has 1 aromatic heterocycles. The number of nitrogens with zero attached hydrogens (tertiary/aromatic N) is 2. The third-order valence-corrected chi connectivity index (χ3v) is 11.9. The molecule has 9 heteroatoms. The van der Waals surface area contributed by atoms with E-state index in [2.05, 4.69) is 73.6 Å². The van der Waals surface area contributed by atoms with Gasteiger partial charge in [-0.25, -0.2) is 0 Å². The molecule has 1 aliphatic rings. The highest BCUT2D eigenvalue weighted by Gasteiger charge is 2.52. The van der Waals surface area contributed by atoms with E-state index in [1.54, 1.807) is 0 Å². The van der Waals surface area contributed by atoms with Crippen LogP contribution in [0, 0.1) is 6.92 Å². The molecule has 5 unspecified atom stereocenters. The number of hydrogen-bond acceptors (Lipinski definition) is 4. The molecule has 3 aromatic rings. The number of ether oxygens (including phenoxy) is 2. The van der Waals surface area contributed by atoms with E-state index < -0.39 is 26.9 Å². The zero-order valence-electron chi connectivity index (χ0n) is 27.3. The molecule has 1 saturated heterocycles. The lowest BCUT2D eigenvalue weighted by Crippen LogP contribution is -2.48. The first kappa shape index (κ1) is 36.1. The van der Waals surface area contributed by atoms with Crippen LogP contribution in [0.15, 0.2) is 42.5 Å². The fraction of sp³-hybridized carbons (Fsp3) is 0.583. The van der Waals surface area contributed by atoms with Gasteiger partial charge in [-0.15, -0.1) is 46.4 Å². The number of unbranched alkanes of at least 4 members (excludes halogenated alkanes) is 2. The number of cyclic esters (lactones) is 1. The number of anilines is 1. The molecular formula is C36H48Cl4N2O3. The SMILES string of the molecule is CCCCCn1c(C)c(C2(c3ccc(N(CC)CC)cc3OCC)CC(=O)OCCCC(Cl)C(Cl)C(Cl)C2Cl)c2ccccc21. The van der Waals surface area contributed by atoms with Crippen molar-refractivity contribution in [3.63, 3.8) is 0 Å². The molecule has 1 fully saturated rings. The molecular weight excluding hydrogens is 650 g/mol. The Hall–Kier alpha value is -1.79. The predicted molar refractivity (Wildman–Crippen MR) is 192 cm³/mol. The van der Waals surface area contributed by atoms with E-state index in [-0.39, 0.29) is 19.0 Å². The van der Waals surface area contributed by atoms with Gasteiger partial charge in [-0.1, -0.05) is 44.0 Å². The molecule has 0 N–H and O–H groups in total. The number of aryl methyl sites for hydroxylation is 1. The molecule has 0 bridgehead atoms. The number of fused-ring (bicyclic) bond motifs is 1. The number of alkyl halides is 4. The van der Waals surface area contributed by atoms with E-state index >= 15 is 0 Å². The van der Waals surface area contributed by atoms with E-state index in [1.165, 1.54) is 0 Å². The molecule has 0 amide bonds. The zero-order valence-corrected chi connectivity index (χ0v) is 30.3. The van der Waals surface area contributed by atoms with Crippen molar-refractivity contribution in [2.24, 2.45) is 0 Å². The second-order valence-corrected chi connectivity index (χ2v) is 14.0. The molecule has 248 valence electrons. The van der Waals surface area contributed by atoms with Crippen LogP contribution in [-0.2, 0) is 21.5 Å². The van der Waals surface area contributed by atoms with Crippen molar-refractivity contribution >= 4 is 69.0 Å². The van der Waals surface area contributed by atoms with Gasteiger partial charge < -0.3 is 18.9 Å². The molecule has 0 radical (unpaired) electrons. The van der Waals surface area contributed by atoms with Gasteiger partial charge in [-0.05, 0) is 64.7 Å². The van der Waals surface area contributed by atoms with Crippen molar-refractivity contribution in [2.75, 3.05) is 31.2 Å². The first-order chi connectivity index (χ1) is 21.7.